The third-order valence-corrected chi connectivity index (χ3v) is 4.39. The number of aldehydes is 2. The summed E-state index contributed by atoms with van der Waals surface area (Å²) in [5, 5.41) is 0. The maximum atomic E-state index is 12.0. The molecule has 162 valence electrons. The monoisotopic (exact) mass is 418 g/mol. The van der Waals surface area contributed by atoms with Gasteiger partial charge in [0.1, 0.15) is 0 Å². The summed E-state index contributed by atoms with van der Waals surface area (Å²) in [7, 11) is 5.80. The number of hydrogen-bond acceptors (Lipinski definition) is 8. The Kier molecular flexibility index (Phi) is 7.91. The predicted octanol–water partition coefficient (Wildman–Crippen LogP) is 3.81. The summed E-state index contributed by atoms with van der Waals surface area (Å²) < 4.78 is 33.4. The zero-order chi connectivity index (χ0) is 22.3. The van der Waals surface area contributed by atoms with E-state index in [2.05, 4.69) is 0 Å². The average Bonchev–Trinajstić information content (AvgIpc) is 2.78. The second-order valence-corrected chi connectivity index (χ2v) is 5.91. The Balaban J connectivity index is 3.08. The molecule has 0 aliphatic rings. The van der Waals surface area contributed by atoms with Crippen LogP contribution >= 0.6 is 0 Å². The molecular weight excluding hydrogens is 392 g/mol. The lowest BCUT2D eigenvalue weighted by Crippen LogP contribution is -2.07. The van der Waals surface area contributed by atoms with Crippen LogP contribution in [0.3, 0.4) is 0 Å². The standard InChI is InChI=1S/C22H26O8/c1-7-29-19-15(25-3)9-13(11-23)17(21(19)27-5)18-14(12-24)10-16(26-4)20(30-8-2)22(18)28-6/h9-12H,7-8H2,1-6H3. The first kappa shape index (κ1) is 22.9. The summed E-state index contributed by atoms with van der Waals surface area (Å²) in [5.41, 5.74) is 1.08. The van der Waals surface area contributed by atoms with Gasteiger partial charge in [0.05, 0.1) is 41.7 Å². The van der Waals surface area contributed by atoms with Gasteiger partial charge in [-0.15, -0.1) is 0 Å². The molecule has 0 aliphatic carbocycles. The predicted molar refractivity (Wildman–Crippen MR) is 111 cm³/mol. The van der Waals surface area contributed by atoms with Crippen LogP contribution in [0.1, 0.15) is 34.6 Å². The first-order valence-electron chi connectivity index (χ1n) is 9.30. The van der Waals surface area contributed by atoms with Crippen molar-refractivity contribution in [2.75, 3.05) is 41.7 Å². The summed E-state index contributed by atoms with van der Waals surface area (Å²) >= 11 is 0. The molecule has 0 fully saturated rings. The molecule has 0 aliphatic heterocycles. The van der Waals surface area contributed by atoms with E-state index in [0.29, 0.717) is 59.9 Å². The van der Waals surface area contributed by atoms with Gasteiger partial charge in [-0.25, -0.2) is 0 Å². The molecule has 0 amide bonds. The molecule has 0 radical (unpaired) electrons. The molecule has 8 heteroatoms. The Morgan fingerprint density at radius 1 is 0.633 bits per heavy atom. The Morgan fingerprint density at radius 2 is 1.00 bits per heavy atom. The van der Waals surface area contributed by atoms with Gasteiger partial charge in [-0.1, -0.05) is 0 Å². The van der Waals surface area contributed by atoms with Crippen LogP contribution in [0.2, 0.25) is 0 Å². The number of ether oxygens (including phenoxy) is 6. The van der Waals surface area contributed by atoms with Gasteiger partial charge in [-0.05, 0) is 26.0 Å². The van der Waals surface area contributed by atoms with Crippen molar-refractivity contribution in [3.8, 4) is 45.6 Å². The van der Waals surface area contributed by atoms with E-state index in [0.717, 1.165) is 0 Å². The summed E-state index contributed by atoms with van der Waals surface area (Å²) in [6, 6.07) is 3.04. The normalized spacial score (nSPS) is 10.2. The van der Waals surface area contributed by atoms with Crippen LogP contribution in [0, 0.1) is 0 Å². The number of benzene rings is 2. The lowest BCUT2D eigenvalue weighted by atomic mass is 9.92. The molecule has 2 aromatic carbocycles. The van der Waals surface area contributed by atoms with Crippen molar-refractivity contribution in [3.05, 3.63) is 23.3 Å². The van der Waals surface area contributed by atoms with Crippen molar-refractivity contribution in [2.24, 2.45) is 0 Å². The van der Waals surface area contributed by atoms with Crippen molar-refractivity contribution in [2.45, 2.75) is 13.8 Å². The fourth-order valence-electron chi connectivity index (χ4n) is 3.23. The first-order valence-corrected chi connectivity index (χ1v) is 9.30. The van der Waals surface area contributed by atoms with E-state index in [9.17, 15) is 9.59 Å². The Bertz CT molecular complexity index is 845. The molecular formula is C22H26O8. The van der Waals surface area contributed by atoms with E-state index in [1.54, 1.807) is 0 Å². The topological polar surface area (TPSA) is 89.5 Å². The molecule has 30 heavy (non-hydrogen) atoms. The second-order valence-electron chi connectivity index (χ2n) is 5.91. The average molecular weight is 418 g/mol. The fourth-order valence-corrected chi connectivity index (χ4v) is 3.23. The van der Waals surface area contributed by atoms with Crippen molar-refractivity contribution >= 4 is 12.6 Å². The molecule has 0 saturated heterocycles. The van der Waals surface area contributed by atoms with Gasteiger partial charge in [-0.2, -0.15) is 0 Å². The maximum absolute atomic E-state index is 12.0. The van der Waals surface area contributed by atoms with Gasteiger partial charge in [0, 0.05) is 22.3 Å². The number of carbonyl (C=O) groups excluding carboxylic acids is 2. The molecule has 2 rings (SSSR count). The third-order valence-electron chi connectivity index (χ3n) is 4.39. The number of hydrogen-bond donors (Lipinski definition) is 0. The van der Waals surface area contributed by atoms with Crippen LogP contribution in [0.15, 0.2) is 12.1 Å². The zero-order valence-corrected chi connectivity index (χ0v) is 18.0. The minimum absolute atomic E-state index is 0.223. The molecule has 0 atom stereocenters. The quantitative estimate of drug-likeness (QED) is 0.509. The number of rotatable bonds is 11. The smallest absolute Gasteiger partial charge is 0.204 e. The van der Waals surface area contributed by atoms with Gasteiger partial charge in [-0.3, -0.25) is 9.59 Å². The van der Waals surface area contributed by atoms with E-state index < -0.39 is 0 Å². The van der Waals surface area contributed by atoms with Gasteiger partial charge in [0.25, 0.3) is 0 Å². The maximum Gasteiger partial charge on any atom is 0.204 e. The lowest BCUT2D eigenvalue weighted by molar-refractivity contribution is 0.111. The van der Waals surface area contributed by atoms with Crippen LogP contribution < -0.4 is 28.4 Å². The van der Waals surface area contributed by atoms with E-state index in [-0.39, 0.29) is 22.6 Å². The summed E-state index contributed by atoms with van der Waals surface area (Å²) in [5.74, 6) is 1.71. The van der Waals surface area contributed by atoms with E-state index in [1.807, 2.05) is 13.8 Å². The van der Waals surface area contributed by atoms with Crippen LogP contribution in [0.25, 0.3) is 11.1 Å². The number of methoxy groups -OCH3 is 4. The zero-order valence-electron chi connectivity index (χ0n) is 18.0. The van der Waals surface area contributed by atoms with Crippen molar-refractivity contribution in [3.63, 3.8) is 0 Å². The van der Waals surface area contributed by atoms with Crippen LogP contribution in [0.5, 0.6) is 34.5 Å². The van der Waals surface area contributed by atoms with E-state index in [4.69, 9.17) is 28.4 Å². The molecule has 0 N–H and O–H groups in total. The van der Waals surface area contributed by atoms with Crippen LogP contribution in [-0.2, 0) is 0 Å². The molecule has 0 bridgehead atoms. The van der Waals surface area contributed by atoms with E-state index >= 15 is 0 Å². The minimum Gasteiger partial charge on any atom is -0.493 e. The molecule has 0 heterocycles. The molecule has 0 spiro atoms. The SMILES string of the molecule is CCOc1c(OC)cc(C=O)c(-c2c(C=O)cc(OC)c(OCC)c2OC)c1OC. The molecule has 2 aromatic rings. The Morgan fingerprint density at radius 3 is 1.23 bits per heavy atom. The summed E-state index contributed by atoms with van der Waals surface area (Å²) in [4.78, 5) is 24.0. The fraction of sp³-hybridized carbons (Fsp3) is 0.364. The van der Waals surface area contributed by atoms with Gasteiger partial charge >= 0.3 is 0 Å². The molecule has 0 aromatic heterocycles. The first-order chi connectivity index (χ1) is 14.6. The van der Waals surface area contributed by atoms with E-state index in [1.165, 1.54) is 40.6 Å². The largest absolute Gasteiger partial charge is 0.493 e. The van der Waals surface area contributed by atoms with Crippen molar-refractivity contribution in [1.29, 1.82) is 0 Å². The number of carbonyl (C=O) groups is 2. The van der Waals surface area contributed by atoms with Crippen LogP contribution in [-0.4, -0.2) is 54.2 Å². The van der Waals surface area contributed by atoms with Gasteiger partial charge in [0.2, 0.25) is 11.5 Å². The second kappa shape index (κ2) is 10.4. The minimum atomic E-state index is 0.223. The summed E-state index contributed by atoms with van der Waals surface area (Å²) in [6.45, 7) is 4.28. The van der Waals surface area contributed by atoms with Gasteiger partial charge in [0.15, 0.2) is 35.6 Å². The third kappa shape index (κ3) is 3.98. The molecule has 0 saturated carbocycles. The highest BCUT2D eigenvalue weighted by Crippen LogP contribution is 2.53. The van der Waals surface area contributed by atoms with Crippen molar-refractivity contribution < 1.29 is 38.0 Å². The van der Waals surface area contributed by atoms with Gasteiger partial charge < -0.3 is 28.4 Å². The Labute approximate surface area is 175 Å². The summed E-state index contributed by atoms with van der Waals surface area (Å²) in [6.07, 6.45) is 1.30. The molecule has 0 unspecified atom stereocenters. The van der Waals surface area contributed by atoms with Crippen molar-refractivity contribution in [1.82, 2.24) is 0 Å². The highest BCUT2D eigenvalue weighted by molar-refractivity contribution is 6.02. The highest BCUT2D eigenvalue weighted by atomic mass is 16.5. The lowest BCUT2D eigenvalue weighted by Gasteiger charge is -2.23. The molecule has 8 nitrogen and oxygen atoms in total. The van der Waals surface area contributed by atoms with Crippen LogP contribution in [0.4, 0.5) is 0 Å². The highest BCUT2D eigenvalue weighted by Gasteiger charge is 2.29. The Hall–Kier alpha value is -3.42.